The van der Waals surface area contributed by atoms with Crippen LogP contribution in [0.2, 0.25) is 0 Å². The molecule has 0 aliphatic rings. The first kappa shape index (κ1) is 17.3. The number of hydrogen-bond donors (Lipinski definition) is 3. The minimum atomic E-state index is -0.214. The number of H-pyrrole nitrogens is 1. The van der Waals surface area contributed by atoms with Crippen LogP contribution in [0.25, 0.3) is 31.4 Å². The molecule has 5 rings (SSSR count). The SMILES string of the molecule is CC(=O)Nc1nccc(Nc2cc(-c3cc4ccccc4s3)c3[nH]ncc3c2)n1. The van der Waals surface area contributed by atoms with E-state index in [-0.39, 0.29) is 11.9 Å². The van der Waals surface area contributed by atoms with E-state index in [2.05, 4.69) is 55.1 Å². The summed E-state index contributed by atoms with van der Waals surface area (Å²) in [7, 11) is 0. The van der Waals surface area contributed by atoms with E-state index in [0.29, 0.717) is 5.82 Å². The molecular formula is C21H16N6OS. The third kappa shape index (κ3) is 3.41. The number of nitrogens with zero attached hydrogens (tertiary/aromatic N) is 3. The van der Waals surface area contributed by atoms with Gasteiger partial charge in [0.25, 0.3) is 0 Å². The highest BCUT2D eigenvalue weighted by Gasteiger charge is 2.12. The van der Waals surface area contributed by atoms with Gasteiger partial charge >= 0.3 is 0 Å². The average molecular weight is 400 g/mol. The number of aromatic amines is 1. The molecule has 0 saturated heterocycles. The molecule has 7 nitrogen and oxygen atoms in total. The summed E-state index contributed by atoms with van der Waals surface area (Å²) in [4.78, 5) is 20.8. The van der Waals surface area contributed by atoms with Gasteiger partial charge in [0.05, 0.1) is 11.7 Å². The molecule has 0 aliphatic carbocycles. The Hall–Kier alpha value is -3.78. The second-order valence-corrected chi connectivity index (χ2v) is 7.66. The molecule has 142 valence electrons. The van der Waals surface area contributed by atoms with Gasteiger partial charge in [-0.3, -0.25) is 15.2 Å². The van der Waals surface area contributed by atoms with Gasteiger partial charge in [0, 0.05) is 39.3 Å². The molecule has 0 spiro atoms. The van der Waals surface area contributed by atoms with E-state index < -0.39 is 0 Å². The van der Waals surface area contributed by atoms with Gasteiger partial charge in [-0.1, -0.05) is 18.2 Å². The number of carbonyl (C=O) groups excluding carboxylic acids is 1. The Morgan fingerprint density at radius 2 is 2.00 bits per heavy atom. The van der Waals surface area contributed by atoms with Crippen LogP contribution in [0, 0.1) is 0 Å². The van der Waals surface area contributed by atoms with Gasteiger partial charge in [0.15, 0.2) is 0 Å². The van der Waals surface area contributed by atoms with Crippen LogP contribution in [0.15, 0.2) is 60.9 Å². The minimum Gasteiger partial charge on any atom is -0.340 e. The van der Waals surface area contributed by atoms with Crippen LogP contribution in [0.3, 0.4) is 0 Å². The third-order valence-corrected chi connectivity index (χ3v) is 5.61. The van der Waals surface area contributed by atoms with Crippen LogP contribution < -0.4 is 10.6 Å². The van der Waals surface area contributed by atoms with E-state index in [9.17, 15) is 4.79 Å². The van der Waals surface area contributed by atoms with Gasteiger partial charge in [0.1, 0.15) is 5.82 Å². The van der Waals surface area contributed by atoms with Crippen molar-refractivity contribution in [1.82, 2.24) is 20.2 Å². The molecule has 0 radical (unpaired) electrons. The fraction of sp³-hybridized carbons (Fsp3) is 0.0476. The molecule has 5 aromatic rings. The number of benzene rings is 2. The van der Waals surface area contributed by atoms with E-state index in [0.717, 1.165) is 27.0 Å². The summed E-state index contributed by atoms with van der Waals surface area (Å²) < 4.78 is 1.24. The number of thiophene rings is 1. The maximum absolute atomic E-state index is 11.3. The summed E-state index contributed by atoms with van der Waals surface area (Å²) in [6, 6.07) is 16.4. The fourth-order valence-corrected chi connectivity index (χ4v) is 4.32. The highest BCUT2D eigenvalue weighted by molar-refractivity contribution is 7.22. The quantitative estimate of drug-likeness (QED) is 0.397. The molecule has 2 aromatic carbocycles. The Morgan fingerprint density at radius 1 is 1.10 bits per heavy atom. The van der Waals surface area contributed by atoms with Crippen LogP contribution in [-0.2, 0) is 4.79 Å². The number of amides is 1. The molecule has 0 saturated carbocycles. The zero-order valence-corrected chi connectivity index (χ0v) is 16.2. The van der Waals surface area contributed by atoms with E-state index in [1.54, 1.807) is 29.8 Å². The number of aromatic nitrogens is 4. The Kier molecular flexibility index (Phi) is 4.18. The lowest BCUT2D eigenvalue weighted by Crippen LogP contribution is -2.09. The largest absolute Gasteiger partial charge is 0.340 e. The smallest absolute Gasteiger partial charge is 0.231 e. The van der Waals surface area contributed by atoms with Crippen molar-refractivity contribution in [2.24, 2.45) is 0 Å². The van der Waals surface area contributed by atoms with Crippen LogP contribution in [-0.4, -0.2) is 26.1 Å². The number of carbonyl (C=O) groups is 1. The summed E-state index contributed by atoms with van der Waals surface area (Å²) in [5.74, 6) is 0.638. The molecule has 3 aromatic heterocycles. The molecule has 0 fully saturated rings. The van der Waals surface area contributed by atoms with Gasteiger partial charge in [-0.15, -0.1) is 11.3 Å². The summed E-state index contributed by atoms with van der Waals surface area (Å²) in [6.07, 6.45) is 3.41. The Balaban J connectivity index is 1.57. The van der Waals surface area contributed by atoms with Gasteiger partial charge in [-0.2, -0.15) is 10.1 Å². The zero-order valence-electron chi connectivity index (χ0n) is 15.4. The zero-order chi connectivity index (χ0) is 19.8. The topological polar surface area (TPSA) is 95.6 Å². The van der Waals surface area contributed by atoms with E-state index in [1.807, 2.05) is 18.2 Å². The maximum Gasteiger partial charge on any atom is 0.231 e. The second kappa shape index (κ2) is 6.99. The summed E-state index contributed by atoms with van der Waals surface area (Å²) >= 11 is 1.74. The second-order valence-electron chi connectivity index (χ2n) is 6.58. The molecule has 0 aliphatic heterocycles. The maximum atomic E-state index is 11.3. The average Bonchev–Trinajstić information content (AvgIpc) is 3.33. The van der Waals surface area contributed by atoms with E-state index >= 15 is 0 Å². The monoisotopic (exact) mass is 400 g/mol. The van der Waals surface area contributed by atoms with Crippen molar-refractivity contribution in [3.63, 3.8) is 0 Å². The van der Waals surface area contributed by atoms with E-state index in [4.69, 9.17) is 0 Å². The van der Waals surface area contributed by atoms with Gasteiger partial charge in [-0.25, -0.2) is 4.98 Å². The number of nitrogens with one attached hydrogen (secondary N) is 3. The van der Waals surface area contributed by atoms with Gasteiger partial charge in [0.2, 0.25) is 11.9 Å². The van der Waals surface area contributed by atoms with Crippen molar-refractivity contribution in [2.45, 2.75) is 6.92 Å². The highest BCUT2D eigenvalue weighted by atomic mass is 32.1. The molecule has 3 heterocycles. The predicted octanol–water partition coefficient (Wildman–Crippen LogP) is 4.94. The number of anilines is 3. The standard InChI is InChI=1S/C21H16N6OS/c1-12(28)24-21-22-7-6-19(26-21)25-15-8-14-11-23-27-20(14)16(10-15)18-9-13-4-2-3-5-17(13)29-18/h2-11H,1H3,(H,23,27)(H2,22,24,25,26,28). The normalized spacial score (nSPS) is 11.1. The predicted molar refractivity (Wildman–Crippen MR) is 117 cm³/mol. The number of hydrogen-bond acceptors (Lipinski definition) is 6. The molecule has 0 atom stereocenters. The van der Waals surface area contributed by atoms with Gasteiger partial charge < -0.3 is 5.32 Å². The number of fused-ring (bicyclic) bond motifs is 2. The lowest BCUT2D eigenvalue weighted by Gasteiger charge is -2.09. The Labute approximate surface area is 169 Å². The summed E-state index contributed by atoms with van der Waals surface area (Å²) in [5, 5.41) is 15.4. The van der Waals surface area contributed by atoms with Crippen molar-refractivity contribution in [2.75, 3.05) is 10.6 Å². The van der Waals surface area contributed by atoms with Crippen molar-refractivity contribution in [3.05, 3.63) is 60.9 Å². The van der Waals surface area contributed by atoms with Gasteiger partial charge in [-0.05, 0) is 35.7 Å². The van der Waals surface area contributed by atoms with Crippen molar-refractivity contribution in [3.8, 4) is 10.4 Å². The first-order valence-corrected chi connectivity index (χ1v) is 9.81. The molecular weight excluding hydrogens is 384 g/mol. The lowest BCUT2D eigenvalue weighted by atomic mass is 10.1. The first-order chi connectivity index (χ1) is 14.2. The Morgan fingerprint density at radius 3 is 2.86 bits per heavy atom. The third-order valence-electron chi connectivity index (χ3n) is 4.46. The molecule has 29 heavy (non-hydrogen) atoms. The van der Waals surface area contributed by atoms with Crippen LogP contribution in [0.5, 0.6) is 0 Å². The summed E-state index contributed by atoms with van der Waals surface area (Å²) in [6.45, 7) is 1.42. The molecule has 0 unspecified atom stereocenters. The van der Waals surface area contributed by atoms with Crippen molar-refractivity contribution < 1.29 is 4.79 Å². The van der Waals surface area contributed by atoms with Crippen molar-refractivity contribution in [1.29, 1.82) is 0 Å². The highest BCUT2D eigenvalue weighted by Crippen LogP contribution is 2.38. The lowest BCUT2D eigenvalue weighted by molar-refractivity contribution is -0.114. The first-order valence-electron chi connectivity index (χ1n) is 8.99. The van der Waals surface area contributed by atoms with E-state index in [1.165, 1.54) is 17.0 Å². The van der Waals surface area contributed by atoms with Crippen LogP contribution in [0.4, 0.5) is 17.5 Å². The molecule has 1 amide bonds. The number of rotatable bonds is 4. The van der Waals surface area contributed by atoms with Crippen LogP contribution in [0.1, 0.15) is 6.92 Å². The molecule has 3 N–H and O–H groups in total. The molecule has 0 bridgehead atoms. The minimum absolute atomic E-state index is 0.214. The molecule has 8 heteroatoms. The van der Waals surface area contributed by atoms with Crippen LogP contribution >= 0.6 is 11.3 Å². The van der Waals surface area contributed by atoms with Crippen molar-refractivity contribution >= 4 is 55.7 Å². The Bertz CT molecular complexity index is 1320. The summed E-state index contributed by atoms with van der Waals surface area (Å²) in [5.41, 5.74) is 2.93. The fourth-order valence-electron chi connectivity index (χ4n) is 3.23.